The predicted molar refractivity (Wildman–Crippen MR) is 159 cm³/mol. The number of halogens is 1. The first-order valence-corrected chi connectivity index (χ1v) is 15.2. The molecule has 0 aromatic heterocycles. The lowest BCUT2D eigenvalue weighted by Gasteiger charge is -2.34. The van der Waals surface area contributed by atoms with Crippen LogP contribution in [-0.2, 0) is 32.6 Å². The maximum absolute atomic E-state index is 14.1. The zero-order valence-corrected chi connectivity index (χ0v) is 24.8. The number of nitrogens with zero attached hydrogens (tertiary/aromatic N) is 2. The summed E-state index contributed by atoms with van der Waals surface area (Å²) in [7, 11) is -2.54. The van der Waals surface area contributed by atoms with Crippen LogP contribution < -0.4 is 14.4 Å². The summed E-state index contributed by atoms with van der Waals surface area (Å²) in [5.41, 5.74) is 1.81. The van der Waals surface area contributed by atoms with Crippen molar-refractivity contribution in [2.75, 3.05) is 24.2 Å². The number of benzene rings is 3. The summed E-state index contributed by atoms with van der Waals surface area (Å²) < 4.78 is 32.3. The van der Waals surface area contributed by atoms with Crippen LogP contribution in [0.5, 0.6) is 5.75 Å². The Bertz CT molecular complexity index is 1390. The third kappa shape index (κ3) is 8.47. The lowest BCUT2D eigenvalue weighted by molar-refractivity contribution is -0.140. The standard InChI is InChI=1S/C30H36ClN3O5S/c1-5-22(2)32-30(36)27(18-23-12-8-6-9-13-23)33(20-24-14-10-7-11-15-24)29(35)21-34(40(4,37)38)26-19-25(31)16-17-28(26)39-3/h6-17,19,22,27H,5,18,20-21H2,1-4H3,(H,32,36)/t22-,27-/m0/s1. The van der Waals surface area contributed by atoms with Crippen molar-refractivity contribution in [1.29, 1.82) is 0 Å². The largest absolute Gasteiger partial charge is 0.495 e. The van der Waals surface area contributed by atoms with Crippen molar-refractivity contribution in [3.63, 3.8) is 0 Å². The van der Waals surface area contributed by atoms with Crippen LogP contribution in [0.4, 0.5) is 5.69 Å². The molecule has 3 aromatic carbocycles. The summed E-state index contributed by atoms with van der Waals surface area (Å²) >= 11 is 6.19. The van der Waals surface area contributed by atoms with Crippen LogP contribution in [0.25, 0.3) is 0 Å². The highest BCUT2D eigenvalue weighted by atomic mass is 35.5. The molecule has 0 spiro atoms. The van der Waals surface area contributed by atoms with Crippen molar-refractivity contribution in [2.24, 2.45) is 0 Å². The van der Waals surface area contributed by atoms with Gasteiger partial charge in [-0.1, -0.05) is 79.2 Å². The first-order valence-electron chi connectivity index (χ1n) is 13.0. The van der Waals surface area contributed by atoms with Gasteiger partial charge in [-0.15, -0.1) is 0 Å². The van der Waals surface area contributed by atoms with E-state index in [1.165, 1.54) is 18.1 Å². The van der Waals surface area contributed by atoms with Gasteiger partial charge in [0.15, 0.2) is 0 Å². The van der Waals surface area contributed by atoms with Gasteiger partial charge in [-0.3, -0.25) is 13.9 Å². The minimum atomic E-state index is -3.95. The molecule has 0 aliphatic rings. The summed E-state index contributed by atoms with van der Waals surface area (Å²) in [5.74, 6) is -0.613. The molecule has 0 unspecified atom stereocenters. The van der Waals surface area contributed by atoms with Crippen LogP contribution in [0.3, 0.4) is 0 Å². The molecule has 40 heavy (non-hydrogen) atoms. The number of methoxy groups -OCH3 is 1. The Balaban J connectivity index is 2.08. The van der Waals surface area contributed by atoms with Crippen molar-refractivity contribution in [3.05, 3.63) is 95.0 Å². The summed E-state index contributed by atoms with van der Waals surface area (Å²) in [6.07, 6.45) is 1.98. The van der Waals surface area contributed by atoms with Gasteiger partial charge in [0.2, 0.25) is 21.8 Å². The molecule has 0 aliphatic heterocycles. The lowest BCUT2D eigenvalue weighted by atomic mass is 10.0. The molecule has 0 radical (unpaired) electrons. The average molecular weight is 586 g/mol. The zero-order valence-electron chi connectivity index (χ0n) is 23.2. The van der Waals surface area contributed by atoms with Crippen molar-refractivity contribution >= 4 is 39.1 Å². The molecule has 3 rings (SSSR count). The van der Waals surface area contributed by atoms with Crippen LogP contribution >= 0.6 is 11.6 Å². The Morgan fingerprint density at radius 3 is 2.12 bits per heavy atom. The number of carbonyl (C=O) groups is 2. The molecule has 10 heteroatoms. The van der Waals surface area contributed by atoms with E-state index in [2.05, 4.69) is 5.32 Å². The maximum Gasteiger partial charge on any atom is 0.244 e. The van der Waals surface area contributed by atoms with Gasteiger partial charge in [-0.25, -0.2) is 8.42 Å². The Morgan fingerprint density at radius 2 is 1.57 bits per heavy atom. The summed E-state index contributed by atoms with van der Waals surface area (Å²) in [6, 6.07) is 22.3. The van der Waals surface area contributed by atoms with Gasteiger partial charge < -0.3 is 15.0 Å². The molecule has 0 saturated heterocycles. The Hall–Kier alpha value is -3.56. The maximum atomic E-state index is 14.1. The van der Waals surface area contributed by atoms with E-state index in [0.29, 0.717) is 6.42 Å². The number of ether oxygens (including phenoxy) is 1. The molecule has 0 bridgehead atoms. The van der Waals surface area contributed by atoms with Gasteiger partial charge in [-0.05, 0) is 42.7 Å². The molecule has 0 heterocycles. The number of nitrogens with one attached hydrogen (secondary N) is 1. The number of anilines is 1. The number of sulfonamides is 1. The second-order valence-electron chi connectivity index (χ2n) is 9.62. The monoisotopic (exact) mass is 585 g/mol. The number of carbonyl (C=O) groups excluding carboxylic acids is 2. The van der Waals surface area contributed by atoms with Gasteiger partial charge in [0, 0.05) is 24.0 Å². The van der Waals surface area contributed by atoms with Gasteiger partial charge in [0.05, 0.1) is 19.1 Å². The fraction of sp³-hybridized carbons (Fsp3) is 0.333. The fourth-order valence-corrected chi connectivity index (χ4v) is 5.24. The third-order valence-corrected chi connectivity index (χ3v) is 7.92. The van der Waals surface area contributed by atoms with Gasteiger partial charge in [-0.2, -0.15) is 0 Å². The number of rotatable bonds is 13. The highest BCUT2D eigenvalue weighted by molar-refractivity contribution is 7.92. The highest BCUT2D eigenvalue weighted by Gasteiger charge is 2.34. The van der Waals surface area contributed by atoms with Gasteiger partial charge in [0.25, 0.3) is 0 Å². The summed E-state index contributed by atoms with van der Waals surface area (Å²) in [4.78, 5) is 29.3. The second kappa shape index (κ2) is 14.2. The Labute approximate surface area is 241 Å². The molecule has 0 fully saturated rings. The topological polar surface area (TPSA) is 96.0 Å². The molecule has 1 N–H and O–H groups in total. The Morgan fingerprint density at radius 1 is 0.975 bits per heavy atom. The molecule has 2 atom stereocenters. The highest BCUT2D eigenvalue weighted by Crippen LogP contribution is 2.33. The number of hydrogen-bond acceptors (Lipinski definition) is 5. The van der Waals surface area contributed by atoms with Crippen LogP contribution in [0.1, 0.15) is 31.4 Å². The summed E-state index contributed by atoms with van der Waals surface area (Å²) in [5, 5.41) is 3.29. The lowest BCUT2D eigenvalue weighted by Crippen LogP contribution is -2.54. The predicted octanol–water partition coefficient (Wildman–Crippen LogP) is 4.67. The number of amides is 2. The second-order valence-corrected chi connectivity index (χ2v) is 12.0. The normalized spacial score (nSPS) is 12.7. The van der Waals surface area contributed by atoms with E-state index >= 15 is 0 Å². The van der Waals surface area contributed by atoms with Crippen LogP contribution in [0.2, 0.25) is 5.02 Å². The third-order valence-electron chi connectivity index (χ3n) is 6.56. The van der Waals surface area contributed by atoms with E-state index in [1.54, 1.807) is 12.1 Å². The molecule has 3 aromatic rings. The van der Waals surface area contributed by atoms with Crippen molar-refractivity contribution < 1.29 is 22.7 Å². The van der Waals surface area contributed by atoms with E-state index < -0.39 is 28.5 Å². The van der Waals surface area contributed by atoms with E-state index in [-0.39, 0.29) is 41.4 Å². The van der Waals surface area contributed by atoms with Crippen LogP contribution in [0.15, 0.2) is 78.9 Å². The first-order chi connectivity index (χ1) is 19.0. The molecule has 214 valence electrons. The average Bonchev–Trinajstić information content (AvgIpc) is 2.93. The first kappa shape index (κ1) is 31.0. The molecule has 2 amide bonds. The molecule has 8 nitrogen and oxygen atoms in total. The minimum Gasteiger partial charge on any atom is -0.495 e. The van der Waals surface area contributed by atoms with E-state index in [4.69, 9.17) is 16.3 Å². The quantitative estimate of drug-likeness (QED) is 0.314. The van der Waals surface area contributed by atoms with Gasteiger partial charge >= 0.3 is 0 Å². The number of hydrogen-bond donors (Lipinski definition) is 1. The van der Waals surface area contributed by atoms with E-state index in [9.17, 15) is 18.0 Å². The molecule has 0 aliphatic carbocycles. The minimum absolute atomic E-state index is 0.107. The molecular formula is C30H36ClN3O5S. The SMILES string of the molecule is CC[C@H](C)NC(=O)[C@H](Cc1ccccc1)N(Cc1ccccc1)C(=O)CN(c1cc(Cl)ccc1OC)S(C)(=O)=O. The van der Waals surface area contributed by atoms with Crippen LogP contribution in [-0.4, -0.2) is 57.1 Å². The zero-order chi connectivity index (χ0) is 29.3. The smallest absolute Gasteiger partial charge is 0.244 e. The van der Waals surface area contributed by atoms with Crippen LogP contribution in [0, 0.1) is 0 Å². The van der Waals surface area contributed by atoms with E-state index in [0.717, 1.165) is 21.7 Å². The van der Waals surface area contributed by atoms with E-state index in [1.807, 2.05) is 74.5 Å². The van der Waals surface area contributed by atoms with Crippen molar-refractivity contribution in [1.82, 2.24) is 10.2 Å². The van der Waals surface area contributed by atoms with Crippen molar-refractivity contribution in [3.8, 4) is 5.75 Å². The molecule has 0 saturated carbocycles. The van der Waals surface area contributed by atoms with Gasteiger partial charge in [0.1, 0.15) is 18.3 Å². The van der Waals surface area contributed by atoms with Crippen molar-refractivity contribution in [2.45, 2.75) is 45.3 Å². The summed E-state index contributed by atoms with van der Waals surface area (Å²) in [6.45, 7) is 3.42. The fourth-order valence-electron chi connectivity index (χ4n) is 4.23. The molecular weight excluding hydrogens is 550 g/mol. The Kier molecular flexibility index (Phi) is 11.0.